The molecule has 16 heavy (non-hydrogen) atoms. The number of sulfonamides is 1. The molecule has 2 aromatic rings. The second-order valence-electron chi connectivity index (χ2n) is 3.18. The van der Waals surface area contributed by atoms with E-state index in [1.54, 1.807) is 6.07 Å². The minimum Gasteiger partial charge on any atom is -0.254 e. The van der Waals surface area contributed by atoms with E-state index in [9.17, 15) is 8.42 Å². The Hall–Kier alpha value is -0.500. The third-order valence-corrected chi connectivity index (χ3v) is 3.95. The molecular formula is C9H6Br2N2O2S. The average molecular weight is 366 g/mol. The van der Waals surface area contributed by atoms with E-state index >= 15 is 0 Å². The van der Waals surface area contributed by atoms with Gasteiger partial charge >= 0.3 is 0 Å². The van der Waals surface area contributed by atoms with Gasteiger partial charge in [-0.3, -0.25) is 4.98 Å². The van der Waals surface area contributed by atoms with Crippen LogP contribution in [-0.4, -0.2) is 13.4 Å². The van der Waals surface area contributed by atoms with Gasteiger partial charge in [-0.25, -0.2) is 13.6 Å². The molecule has 0 bridgehead atoms. The third kappa shape index (κ3) is 2.27. The predicted molar refractivity (Wildman–Crippen MR) is 68.5 cm³/mol. The van der Waals surface area contributed by atoms with Crippen molar-refractivity contribution >= 4 is 52.8 Å². The summed E-state index contributed by atoms with van der Waals surface area (Å²) in [5, 5.41) is 5.73. The lowest BCUT2D eigenvalue weighted by molar-refractivity contribution is 0.597. The van der Waals surface area contributed by atoms with Crippen LogP contribution in [0.25, 0.3) is 10.9 Å². The lowest BCUT2D eigenvalue weighted by Crippen LogP contribution is -2.12. The number of hydrogen-bond acceptors (Lipinski definition) is 3. The smallest absolute Gasteiger partial charge is 0.239 e. The van der Waals surface area contributed by atoms with Crippen molar-refractivity contribution in [3.63, 3.8) is 0 Å². The molecular weight excluding hydrogens is 360 g/mol. The molecule has 0 radical (unpaired) electrons. The van der Waals surface area contributed by atoms with Crippen LogP contribution in [0, 0.1) is 0 Å². The molecule has 0 atom stereocenters. The summed E-state index contributed by atoms with van der Waals surface area (Å²) in [7, 11) is -3.71. The Morgan fingerprint density at radius 1 is 1.19 bits per heavy atom. The van der Waals surface area contributed by atoms with E-state index in [1.165, 1.54) is 12.3 Å². The summed E-state index contributed by atoms with van der Waals surface area (Å²) >= 11 is 6.67. The predicted octanol–water partition coefficient (Wildman–Crippen LogP) is 2.41. The highest BCUT2D eigenvalue weighted by Crippen LogP contribution is 2.27. The van der Waals surface area contributed by atoms with Crippen molar-refractivity contribution in [2.24, 2.45) is 5.14 Å². The summed E-state index contributed by atoms with van der Waals surface area (Å²) in [5.41, 5.74) is 0.690. The number of nitrogens with zero attached hydrogens (tertiary/aromatic N) is 1. The van der Waals surface area contributed by atoms with Gasteiger partial charge in [0.2, 0.25) is 10.0 Å². The van der Waals surface area contributed by atoms with Crippen LogP contribution in [0.1, 0.15) is 0 Å². The average Bonchev–Trinajstić information content (AvgIpc) is 2.15. The number of aromatic nitrogens is 1. The van der Waals surface area contributed by atoms with Crippen LogP contribution in [0.3, 0.4) is 0 Å². The number of pyridine rings is 1. The van der Waals surface area contributed by atoms with Gasteiger partial charge in [0.15, 0.2) is 0 Å². The number of primary sulfonamides is 1. The summed E-state index contributed by atoms with van der Waals surface area (Å²) < 4.78 is 23.9. The Labute approximate surface area is 109 Å². The van der Waals surface area contributed by atoms with Gasteiger partial charge in [0.1, 0.15) is 4.90 Å². The van der Waals surface area contributed by atoms with Crippen LogP contribution in [-0.2, 0) is 10.0 Å². The van der Waals surface area contributed by atoms with E-state index in [2.05, 4.69) is 36.8 Å². The van der Waals surface area contributed by atoms with Crippen LogP contribution in [0.15, 0.2) is 38.2 Å². The largest absolute Gasteiger partial charge is 0.254 e. The highest BCUT2D eigenvalue weighted by molar-refractivity contribution is 9.11. The van der Waals surface area contributed by atoms with Crippen LogP contribution in [0.2, 0.25) is 0 Å². The molecule has 1 aromatic carbocycles. The minimum absolute atomic E-state index is 0.00463. The zero-order valence-corrected chi connectivity index (χ0v) is 11.8. The van der Waals surface area contributed by atoms with Crippen molar-refractivity contribution in [3.8, 4) is 0 Å². The standard InChI is InChI=1S/C9H6Br2N2O2S/c10-6-1-5-2-7(16(12,14)15)4-13-9(5)8(11)3-6/h1-4H,(H2,12,14,15). The van der Waals surface area contributed by atoms with Gasteiger partial charge in [-0.2, -0.15) is 0 Å². The first kappa shape index (κ1) is 12.0. The quantitative estimate of drug-likeness (QED) is 0.843. The molecule has 0 unspecified atom stereocenters. The Balaban J connectivity index is 2.81. The van der Waals surface area contributed by atoms with E-state index in [0.29, 0.717) is 10.9 Å². The van der Waals surface area contributed by atoms with Crippen molar-refractivity contribution < 1.29 is 8.42 Å². The lowest BCUT2D eigenvalue weighted by atomic mass is 10.2. The highest BCUT2D eigenvalue weighted by Gasteiger charge is 2.10. The second-order valence-corrected chi connectivity index (χ2v) is 6.51. The number of hydrogen-bond donors (Lipinski definition) is 1. The Morgan fingerprint density at radius 3 is 2.50 bits per heavy atom. The fourth-order valence-corrected chi connectivity index (χ4v) is 3.16. The van der Waals surface area contributed by atoms with Gasteiger partial charge in [-0.1, -0.05) is 15.9 Å². The molecule has 2 rings (SSSR count). The van der Waals surface area contributed by atoms with Crippen molar-refractivity contribution in [1.29, 1.82) is 0 Å². The first-order valence-corrected chi connectivity index (χ1v) is 7.29. The van der Waals surface area contributed by atoms with Gasteiger partial charge in [0.05, 0.1) is 5.52 Å². The molecule has 7 heteroatoms. The number of rotatable bonds is 1. The first-order chi connectivity index (χ1) is 7.38. The molecule has 0 aliphatic heterocycles. The van der Waals surface area contributed by atoms with Crippen molar-refractivity contribution in [3.05, 3.63) is 33.3 Å². The molecule has 4 nitrogen and oxygen atoms in total. The molecule has 0 saturated heterocycles. The Morgan fingerprint density at radius 2 is 1.88 bits per heavy atom. The van der Waals surface area contributed by atoms with E-state index in [1.807, 2.05) is 6.07 Å². The SMILES string of the molecule is NS(=O)(=O)c1cnc2c(Br)cc(Br)cc2c1. The van der Waals surface area contributed by atoms with E-state index in [-0.39, 0.29) is 4.90 Å². The van der Waals surface area contributed by atoms with Crippen LogP contribution >= 0.6 is 31.9 Å². The Kier molecular flexibility index (Phi) is 3.04. The molecule has 0 aliphatic rings. The monoisotopic (exact) mass is 364 g/mol. The number of nitrogens with two attached hydrogens (primary N) is 1. The molecule has 0 fully saturated rings. The number of fused-ring (bicyclic) bond motifs is 1. The van der Waals surface area contributed by atoms with E-state index in [4.69, 9.17) is 5.14 Å². The fraction of sp³-hybridized carbons (Fsp3) is 0. The molecule has 0 saturated carbocycles. The van der Waals surface area contributed by atoms with Gasteiger partial charge in [-0.15, -0.1) is 0 Å². The van der Waals surface area contributed by atoms with Crippen molar-refractivity contribution in [1.82, 2.24) is 4.98 Å². The maximum Gasteiger partial charge on any atom is 0.239 e. The van der Waals surface area contributed by atoms with Gasteiger partial charge in [0, 0.05) is 20.5 Å². The molecule has 2 N–H and O–H groups in total. The van der Waals surface area contributed by atoms with Crippen LogP contribution < -0.4 is 5.14 Å². The minimum atomic E-state index is -3.71. The zero-order valence-electron chi connectivity index (χ0n) is 7.81. The summed E-state index contributed by atoms with van der Waals surface area (Å²) in [6, 6.07) is 5.11. The first-order valence-electron chi connectivity index (χ1n) is 4.15. The van der Waals surface area contributed by atoms with E-state index in [0.717, 1.165) is 8.95 Å². The normalized spacial score (nSPS) is 11.9. The van der Waals surface area contributed by atoms with E-state index < -0.39 is 10.0 Å². The number of halogens is 2. The summed E-state index contributed by atoms with van der Waals surface area (Å²) in [6.45, 7) is 0. The summed E-state index contributed by atoms with van der Waals surface area (Å²) in [4.78, 5) is 4.07. The van der Waals surface area contributed by atoms with Gasteiger partial charge in [-0.05, 0) is 34.1 Å². The molecule has 1 aromatic heterocycles. The third-order valence-electron chi connectivity index (χ3n) is 2.00. The summed E-state index contributed by atoms with van der Waals surface area (Å²) in [5.74, 6) is 0. The lowest BCUT2D eigenvalue weighted by Gasteiger charge is -2.03. The highest BCUT2D eigenvalue weighted by atomic mass is 79.9. The van der Waals surface area contributed by atoms with Crippen LogP contribution in [0.4, 0.5) is 0 Å². The maximum absolute atomic E-state index is 11.2. The molecule has 1 heterocycles. The number of benzene rings is 1. The zero-order chi connectivity index (χ0) is 11.9. The second kappa shape index (κ2) is 4.06. The molecule has 84 valence electrons. The van der Waals surface area contributed by atoms with Crippen molar-refractivity contribution in [2.45, 2.75) is 4.90 Å². The molecule has 0 amide bonds. The molecule has 0 aliphatic carbocycles. The summed E-state index contributed by atoms with van der Waals surface area (Å²) in [6.07, 6.45) is 1.25. The maximum atomic E-state index is 11.2. The van der Waals surface area contributed by atoms with Crippen molar-refractivity contribution in [2.75, 3.05) is 0 Å². The Bertz CT molecular complexity index is 671. The van der Waals surface area contributed by atoms with Gasteiger partial charge in [0.25, 0.3) is 0 Å². The topological polar surface area (TPSA) is 73.1 Å². The van der Waals surface area contributed by atoms with Crippen LogP contribution in [0.5, 0.6) is 0 Å². The van der Waals surface area contributed by atoms with Gasteiger partial charge < -0.3 is 0 Å². The fourth-order valence-electron chi connectivity index (χ4n) is 1.31. The molecule has 0 spiro atoms.